The van der Waals surface area contributed by atoms with Crippen LogP contribution in [0.2, 0.25) is 0 Å². The van der Waals surface area contributed by atoms with Crippen molar-refractivity contribution in [3.05, 3.63) is 101 Å². The van der Waals surface area contributed by atoms with Crippen LogP contribution in [0.25, 0.3) is 0 Å². The molecule has 1 aliphatic heterocycles. The van der Waals surface area contributed by atoms with Crippen molar-refractivity contribution in [2.75, 3.05) is 18.0 Å². The van der Waals surface area contributed by atoms with Crippen molar-refractivity contribution in [1.82, 2.24) is 10.6 Å². The van der Waals surface area contributed by atoms with Crippen LogP contribution in [0.15, 0.2) is 78.9 Å². The Morgan fingerprint density at radius 3 is 2.34 bits per heavy atom. The van der Waals surface area contributed by atoms with Crippen molar-refractivity contribution >= 4 is 17.5 Å². The normalized spacial score (nSPS) is 14.1. The molecule has 1 saturated heterocycles. The highest BCUT2D eigenvalue weighted by molar-refractivity contribution is 5.99. The van der Waals surface area contributed by atoms with Crippen molar-refractivity contribution in [3.8, 4) is 0 Å². The van der Waals surface area contributed by atoms with Crippen LogP contribution < -0.4 is 15.5 Å². The Hall–Kier alpha value is -3.60. The van der Waals surface area contributed by atoms with E-state index in [0.29, 0.717) is 17.7 Å². The molecule has 164 valence electrons. The van der Waals surface area contributed by atoms with Crippen LogP contribution in [-0.4, -0.2) is 30.9 Å². The highest BCUT2D eigenvalue weighted by atomic mass is 16.2. The van der Waals surface area contributed by atoms with E-state index in [9.17, 15) is 9.59 Å². The zero-order valence-corrected chi connectivity index (χ0v) is 18.4. The summed E-state index contributed by atoms with van der Waals surface area (Å²) in [6.07, 6.45) is 1.69. The molecule has 4 rings (SSSR count). The lowest BCUT2D eigenvalue weighted by Crippen LogP contribution is -2.45. The number of anilines is 1. The van der Waals surface area contributed by atoms with Crippen LogP contribution in [-0.2, 0) is 6.54 Å². The van der Waals surface area contributed by atoms with Gasteiger partial charge in [-0.3, -0.25) is 9.59 Å². The van der Waals surface area contributed by atoms with Gasteiger partial charge in [-0.25, -0.2) is 0 Å². The van der Waals surface area contributed by atoms with Gasteiger partial charge in [0.25, 0.3) is 11.8 Å². The maximum absolute atomic E-state index is 12.9. The first kappa shape index (κ1) is 21.6. The Kier molecular flexibility index (Phi) is 6.85. The highest BCUT2D eigenvalue weighted by Crippen LogP contribution is 2.24. The predicted molar refractivity (Wildman–Crippen MR) is 128 cm³/mol. The largest absolute Gasteiger partial charge is 0.371 e. The third-order valence-electron chi connectivity index (χ3n) is 5.90. The zero-order chi connectivity index (χ0) is 22.3. The summed E-state index contributed by atoms with van der Waals surface area (Å²) < 4.78 is 0. The minimum absolute atomic E-state index is 0.0205. The molecule has 0 aliphatic carbocycles. The van der Waals surface area contributed by atoms with E-state index >= 15 is 0 Å². The van der Waals surface area contributed by atoms with Crippen LogP contribution in [0.3, 0.4) is 0 Å². The molecule has 1 fully saturated rings. The molecule has 0 radical (unpaired) electrons. The third kappa shape index (κ3) is 5.35. The molecule has 32 heavy (non-hydrogen) atoms. The fourth-order valence-corrected chi connectivity index (χ4v) is 4.13. The Bertz CT molecular complexity index is 1070. The molecule has 1 aliphatic rings. The van der Waals surface area contributed by atoms with Crippen LogP contribution in [0, 0.1) is 6.92 Å². The van der Waals surface area contributed by atoms with E-state index in [4.69, 9.17) is 0 Å². The smallest absolute Gasteiger partial charge is 0.253 e. The Morgan fingerprint density at radius 2 is 1.59 bits per heavy atom. The van der Waals surface area contributed by atoms with Gasteiger partial charge < -0.3 is 15.5 Å². The van der Waals surface area contributed by atoms with Crippen LogP contribution >= 0.6 is 0 Å². The van der Waals surface area contributed by atoms with Crippen molar-refractivity contribution in [3.63, 3.8) is 0 Å². The molecule has 0 aromatic heterocycles. The summed E-state index contributed by atoms with van der Waals surface area (Å²) >= 11 is 0. The number of carbonyl (C=O) groups excluding carboxylic acids is 2. The first-order chi connectivity index (χ1) is 15.6. The number of para-hydroxylation sites is 1. The second-order valence-corrected chi connectivity index (χ2v) is 8.29. The average molecular weight is 428 g/mol. The minimum atomic E-state index is -0.0701. The van der Waals surface area contributed by atoms with Crippen molar-refractivity contribution in [2.24, 2.45) is 0 Å². The summed E-state index contributed by atoms with van der Waals surface area (Å²) in [5, 5.41) is 6.20. The number of piperidine rings is 1. The average Bonchev–Trinajstić information content (AvgIpc) is 2.84. The number of hydrogen-bond acceptors (Lipinski definition) is 3. The second-order valence-electron chi connectivity index (χ2n) is 8.29. The van der Waals surface area contributed by atoms with Crippen LogP contribution in [0.4, 0.5) is 5.69 Å². The summed E-state index contributed by atoms with van der Waals surface area (Å²) in [6, 6.07) is 25.4. The molecular weight excluding hydrogens is 398 g/mol. The molecular formula is C27H29N3O2. The van der Waals surface area contributed by atoms with E-state index in [1.807, 2.05) is 85.8 Å². The molecule has 3 aromatic rings. The van der Waals surface area contributed by atoms with E-state index in [-0.39, 0.29) is 17.9 Å². The minimum Gasteiger partial charge on any atom is -0.371 e. The quantitative estimate of drug-likeness (QED) is 0.616. The Morgan fingerprint density at radius 1 is 0.875 bits per heavy atom. The van der Waals surface area contributed by atoms with Crippen molar-refractivity contribution in [2.45, 2.75) is 32.4 Å². The monoisotopic (exact) mass is 427 g/mol. The number of aryl methyl sites for hydroxylation is 1. The van der Waals surface area contributed by atoms with E-state index < -0.39 is 0 Å². The summed E-state index contributed by atoms with van der Waals surface area (Å²) in [4.78, 5) is 27.7. The Labute approximate surface area is 189 Å². The number of nitrogens with one attached hydrogen (secondary N) is 2. The summed E-state index contributed by atoms with van der Waals surface area (Å²) in [7, 11) is 0. The number of benzene rings is 3. The van der Waals surface area contributed by atoms with E-state index in [1.165, 1.54) is 0 Å². The van der Waals surface area contributed by atoms with Gasteiger partial charge in [-0.2, -0.15) is 0 Å². The maximum atomic E-state index is 12.9. The SMILES string of the molecule is Cc1cccc(C(=O)NC2CCN(c3ccccc3C(=O)NCc3ccccc3)CC2)c1. The van der Waals surface area contributed by atoms with Crippen LogP contribution in [0.5, 0.6) is 0 Å². The maximum Gasteiger partial charge on any atom is 0.253 e. The predicted octanol–water partition coefficient (Wildman–Crippen LogP) is 4.32. The van der Waals surface area contributed by atoms with E-state index in [1.54, 1.807) is 0 Å². The lowest BCUT2D eigenvalue weighted by Gasteiger charge is -2.35. The number of hydrogen-bond donors (Lipinski definition) is 2. The van der Waals surface area contributed by atoms with E-state index in [0.717, 1.165) is 42.7 Å². The molecule has 0 bridgehead atoms. The molecule has 0 atom stereocenters. The zero-order valence-electron chi connectivity index (χ0n) is 18.4. The fourth-order valence-electron chi connectivity index (χ4n) is 4.13. The van der Waals surface area contributed by atoms with Gasteiger partial charge in [-0.15, -0.1) is 0 Å². The van der Waals surface area contributed by atoms with E-state index in [2.05, 4.69) is 15.5 Å². The third-order valence-corrected chi connectivity index (χ3v) is 5.90. The molecule has 2 amide bonds. The van der Waals surface area contributed by atoms with Gasteiger partial charge in [-0.05, 0) is 49.6 Å². The number of nitrogens with zero attached hydrogens (tertiary/aromatic N) is 1. The molecule has 2 N–H and O–H groups in total. The summed E-state index contributed by atoms with van der Waals surface area (Å²) in [5.41, 5.74) is 4.48. The molecule has 0 spiro atoms. The van der Waals surface area contributed by atoms with Gasteiger partial charge in [0, 0.05) is 36.9 Å². The lowest BCUT2D eigenvalue weighted by molar-refractivity contribution is 0.0929. The molecule has 5 nitrogen and oxygen atoms in total. The number of carbonyl (C=O) groups is 2. The summed E-state index contributed by atoms with van der Waals surface area (Å²) in [5.74, 6) is -0.0906. The fraction of sp³-hybridized carbons (Fsp3) is 0.259. The topological polar surface area (TPSA) is 61.4 Å². The summed E-state index contributed by atoms with van der Waals surface area (Å²) in [6.45, 7) is 4.08. The van der Waals surface area contributed by atoms with Gasteiger partial charge in [0.2, 0.25) is 0 Å². The van der Waals surface area contributed by atoms with Crippen molar-refractivity contribution < 1.29 is 9.59 Å². The highest BCUT2D eigenvalue weighted by Gasteiger charge is 2.24. The second kappa shape index (κ2) is 10.1. The number of rotatable bonds is 6. The molecule has 3 aromatic carbocycles. The molecule has 5 heteroatoms. The first-order valence-electron chi connectivity index (χ1n) is 11.1. The van der Waals surface area contributed by atoms with Gasteiger partial charge >= 0.3 is 0 Å². The molecule has 0 unspecified atom stereocenters. The van der Waals surface area contributed by atoms with Crippen molar-refractivity contribution in [1.29, 1.82) is 0 Å². The lowest BCUT2D eigenvalue weighted by atomic mass is 10.0. The standard InChI is InChI=1S/C27H29N3O2/c1-20-8-7-11-22(18-20)26(31)29-23-14-16-30(17-15-23)25-13-6-5-12-24(25)27(32)28-19-21-9-3-2-4-10-21/h2-13,18,23H,14-17,19H2,1H3,(H,28,32)(H,29,31). The van der Waals surface area contributed by atoms with Gasteiger partial charge in [-0.1, -0.05) is 60.2 Å². The molecule has 1 heterocycles. The number of amides is 2. The Balaban J connectivity index is 1.35. The van der Waals surface area contributed by atoms with Gasteiger partial charge in [0.15, 0.2) is 0 Å². The van der Waals surface area contributed by atoms with Crippen LogP contribution in [0.1, 0.15) is 44.7 Å². The van der Waals surface area contributed by atoms with Gasteiger partial charge in [0.05, 0.1) is 5.56 Å². The molecule has 0 saturated carbocycles. The van der Waals surface area contributed by atoms with Gasteiger partial charge in [0.1, 0.15) is 0 Å². The first-order valence-corrected chi connectivity index (χ1v) is 11.1.